The highest BCUT2D eigenvalue weighted by Crippen LogP contribution is 2.24. The van der Waals surface area contributed by atoms with Crippen LogP contribution in [0.2, 0.25) is 5.02 Å². The molecule has 0 saturated heterocycles. The summed E-state index contributed by atoms with van der Waals surface area (Å²) in [4.78, 5) is 12.2. The zero-order valence-corrected chi connectivity index (χ0v) is 12.4. The van der Waals surface area contributed by atoms with Crippen molar-refractivity contribution in [2.75, 3.05) is 5.32 Å². The maximum Gasteiger partial charge on any atom is 0.152 e. The fourth-order valence-electron chi connectivity index (χ4n) is 1.85. The van der Waals surface area contributed by atoms with E-state index in [0.29, 0.717) is 17.4 Å². The SMILES string of the molecule is Clc1cncnc1Nc1cccc(OCc2ccccn2)c1. The van der Waals surface area contributed by atoms with Gasteiger partial charge in [0.2, 0.25) is 0 Å². The summed E-state index contributed by atoms with van der Waals surface area (Å²) >= 11 is 6.03. The summed E-state index contributed by atoms with van der Waals surface area (Å²) in [6.45, 7) is 0.415. The van der Waals surface area contributed by atoms with Gasteiger partial charge in [0.1, 0.15) is 23.7 Å². The number of aromatic nitrogens is 3. The molecule has 0 spiro atoms. The van der Waals surface area contributed by atoms with E-state index in [1.807, 2.05) is 42.5 Å². The molecule has 5 nitrogen and oxygen atoms in total. The van der Waals surface area contributed by atoms with Gasteiger partial charge >= 0.3 is 0 Å². The van der Waals surface area contributed by atoms with E-state index >= 15 is 0 Å². The average Bonchev–Trinajstić information content (AvgIpc) is 2.57. The number of pyridine rings is 1. The van der Waals surface area contributed by atoms with Crippen molar-refractivity contribution in [1.29, 1.82) is 0 Å². The Balaban J connectivity index is 1.69. The topological polar surface area (TPSA) is 59.9 Å². The molecule has 2 heterocycles. The standard InChI is InChI=1S/C16H13ClN4O/c17-15-9-18-11-20-16(15)21-12-5-3-6-14(8-12)22-10-13-4-1-2-7-19-13/h1-9,11H,10H2,(H,18,20,21). The van der Waals surface area contributed by atoms with Crippen molar-refractivity contribution in [2.24, 2.45) is 0 Å². The van der Waals surface area contributed by atoms with Crippen molar-refractivity contribution in [3.05, 3.63) is 71.9 Å². The Bertz CT molecular complexity index is 752. The summed E-state index contributed by atoms with van der Waals surface area (Å²) in [5.41, 5.74) is 1.71. The van der Waals surface area contributed by atoms with Crippen molar-refractivity contribution in [3.8, 4) is 5.75 Å². The van der Waals surface area contributed by atoms with Gasteiger partial charge in [0.25, 0.3) is 0 Å². The van der Waals surface area contributed by atoms with Crippen molar-refractivity contribution in [2.45, 2.75) is 6.61 Å². The van der Waals surface area contributed by atoms with Crippen LogP contribution in [-0.2, 0) is 6.61 Å². The molecule has 0 atom stereocenters. The summed E-state index contributed by atoms with van der Waals surface area (Å²) in [5.74, 6) is 1.29. The maximum absolute atomic E-state index is 6.03. The number of nitrogens with one attached hydrogen (secondary N) is 1. The first kappa shape index (κ1) is 14.3. The second kappa shape index (κ2) is 6.87. The van der Waals surface area contributed by atoms with Crippen molar-refractivity contribution >= 4 is 23.1 Å². The van der Waals surface area contributed by atoms with Crippen molar-refractivity contribution in [1.82, 2.24) is 15.0 Å². The van der Waals surface area contributed by atoms with Crippen LogP contribution in [0, 0.1) is 0 Å². The molecule has 2 aromatic heterocycles. The highest BCUT2D eigenvalue weighted by Gasteiger charge is 2.03. The molecule has 110 valence electrons. The lowest BCUT2D eigenvalue weighted by Crippen LogP contribution is -1.99. The molecule has 6 heteroatoms. The third-order valence-corrected chi connectivity index (χ3v) is 3.15. The maximum atomic E-state index is 6.03. The van der Waals surface area contributed by atoms with Crippen LogP contribution in [0.3, 0.4) is 0 Å². The van der Waals surface area contributed by atoms with Gasteiger partial charge in [0.15, 0.2) is 5.82 Å². The Hall–Kier alpha value is -2.66. The molecule has 3 rings (SSSR count). The number of anilines is 2. The first-order chi connectivity index (χ1) is 10.8. The van der Waals surface area contributed by atoms with Crippen LogP contribution in [0.25, 0.3) is 0 Å². The summed E-state index contributed by atoms with van der Waals surface area (Å²) in [6.07, 6.45) is 4.72. The Morgan fingerprint density at radius 3 is 2.86 bits per heavy atom. The van der Waals surface area contributed by atoms with Gasteiger partial charge in [-0.15, -0.1) is 0 Å². The minimum atomic E-state index is 0.415. The molecule has 1 aromatic carbocycles. The van der Waals surface area contributed by atoms with E-state index in [1.165, 1.54) is 12.5 Å². The van der Waals surface area contributed by atoms with Crippen LogP contribution in [0.5, 0.6) is 5.75 Å². The van der Waals surface area contributed by atoms with Gasteiger partial charge in [0.05, 0.1) is 11.9 Å². The largest absolute Gasteiger partial charge is 0.487 e. The molecule has 3 aromatic rings. The van der Waals surface area contributed by atoms with Crippen LogP contribution in [0.15, 0.2) is 61.2 Å². The Morgan fingerprint density at radius 2 is 2.05 bits per heavy atom. The molecule has 1 N–H and O–H groups in total. The lowest BCUT2D eigenvalue weighted by atomic mass is 10.3. The van der Waals surface area contributed by atoms with Gasteiger partial charge in [-0.25, -0.2) is 9.97 Å². The number of halogens is 1. The molecule has 0 fully saturated rings. The van der Waals surface area contributed by atoms with E-state index < -0.39 is 0 Å². The summed E-state index contributed by atoms with van der Waals surface area (Å²) in [5, 5.41) is 3.59. The third-order valence-electron chi connectivity index (χ3n) is 2.88. The molecule has 22 heavy (non-hydrogen) atoms. The van der Waals surface area contributed by atoms with Gasteiger partial charge in [0, 0.05) is 18.0 Å². The van der Waals surface area contributed by atoms with Crippen LogP contribution >= 0.6 is 11.6 Å². The summed E-state index contributed by atoms with van der Waals surface area (Å²) in [7, 11) is 0. The second-order valence-electron chi connectivity index (χ2n) is 4.48. The van der Waals surface area contributed by atoms with Gasteiger partial charge in [-0.1, -0.05) is 23.7 Å². The lowest BCUT2D eigenvalue weighted by Gasteiger charge is -2.09. The number of hydrogen-bond acceptors (Lipinski definition) is 5. The minimum Gasteiger partial charge on any atom is -0.487 e. The number of hydrogen-bond donors (Lipinski definition) is 1. The number of ether oxygens (including phenoxy) is 1. The van der Waals surface area contributed by atoms with Gasteiger partial charge in [-0.3, -0.25) is 4.98 Å². The molecule has 0 aliphatic carbocycles. The van der Waals surface area contributed by atoms with E-state index in [9.17, 15) is 0 Å². The second-order valence-corrected chi connectivity index (χ2v) is 4.89. The molecular weight excluding hydrogens is 300 g/mol. The number of rotatable bonds is 5. The third kappa shape index (κ3) is 3.71. The van der Waals surface area contributed by atoms with Gasteiger partial charge in [-0.2, -0.15) is 0 Å². The van der Waals surface area contributed by atoms with Crippen molar-refractivity contribution in [3.63, 3.8) is 0 Å². The molecule has 0 unspecified atom stereocenters. The van der Waals surface area contributed by atoms with Gasteiger partial charge in [-0.05, 0) is 24.3 Å². The fraction of sp³-hybridized carbons (Fsp3) is 0.0625. The average molecular weight is 313 g/mol. The summed E-state index contributed by atoms with van der Waals surface area (Å²) in [6, 6.07) is 13.3. The number of nitrogens with zero attached hydrogens (tertiary/aromatic N) is 3. The van der Waals surface area contributed by atoms with Gasteiger partial charge < -0.3 is 10.1 Å². The van der Waals surface area contributed by atoms with Crippen LogP contribution < -0.4 is 10.1 Å². The predicted molar refractivity (Wildman–Crippen MR) is 85.3 cm³/mol. The molecule has 0 saturated carbocycles. The zero-order valence-electron chi connectivity index (χ0n) is 11.6. The van der Waals surface area contributed by atoms with E-state index in [1.54, 1.807) is 6.20 Å². The van der Waals surface area contributed by atoms with Crippen LogP contribution in [0.4, 0.5) is 11.5 Å². The van der Waals surface area contributed by atoms with Crippen LogP contribution in [0.1, 0.15) is 5.69 Å². The van der Waals surface area contributed by atoms with E-state index in [4.69, 9.17) is 16.3 Å². The monoisotopic (exact) mass is 312 g/mol. The lowest BCUT2D eigenvalue weighted by molar-refractivity contribution is 0.301. The first-order valence-electron chi connectivity index (χ1n) is 6.66. The zero-order chi connectivity index (χ0) is 15.2. The Kier molecular flexibility index (Phi) is 4.46. The number of benzene rings is 1. The highest BCUT2D eigenvalue weighted by atomic mass is 35.5. The van der Waals surface area contributed by atoms with E-state index in [0.717, 1.165) is 17.1 Å². The molecule has 0 aliphatic heterocycles. The Labute approximate surface area is 133 Å². The van der Waals surface area contributed by atoms with E-state index in [2.05, 4.69) is 20.3 Å². The summed E-state index contributed by atoms with van der Waals surface area (Å²) < 4.78 is 5.73. The fourth-order valence-corrected chi connectivity index (χ4v) is 2.00. The molecule has 0 bridgehead atoms. The van der Waals surface area contributed by atoms with Crippen LogP contribution in [-0.4, -0.2) is 15.0 Å². The van der Waals surface area contributed by atoms with E-state index in [-0.39, 0.29) is 0 Å². The molecular formula is C16H13ClN4O. The minimum absolute atomic E-state index is 0.415. The van der Waals surface area contributed by atoms with Crippen molar-refractivity contribution < 1.29 is 4.74 Å². The molecule has 0 amide bonds. The quantitative estimate of drug-likeness (QED) is 0.775. The highest BCUT2D eigenvalue weighted by molar-refractivity contribution is 6.32. The molecule has 0 aliphatic rings. The smallest absolute Gasteiger partial charge is 0.152 e. The normalized spacial score (nSPS) is 10.2. The first-order valence-corrected chi connectivity index (χ1v) is 7.04. The molecule has 0 radical (unpaired) electrons. The predicted octanol–water partition coefficient (Wildman–Crippen LogP) is 3.85. The Morgan fingerprint density at radius 1 is 1.09 bits per heavy atom.